The molecule has 2 aromatic heterocycles. The molecule has 0 saturated carbocycles. The number of carbonyl (C=O) groups excluding carboxylic acids is 1. The number of nitrogens with one attached hydrogen (secondary N) is 1. The minimum Gasteiger partial charge on any atom is -0.397 e. The first-order valence-corrected chi connectivity index (χ1v) is 10.5. The van der Waals surface area contributed by atoms with E-state index in [2.05, 4.69) is 15.3 Å². The first-order chi connectivity index (χ1) is 16.1. The summed E-state index contributed by atoms with van der Waals surface area (Å²) in [6.45, 7) is 1.33. The summed E-state index contributed by atoms with van der Waals surface area (Å²) in [6.07, 6.45) is -0.00582. The van der Waals surface area contributed by atoms with E-state index in [1.54, 1.807) is 12.3 Å². The largest absolute Gasteiger partial charge is 0.417 e. The highest BCUT2D eigenvalue weighted by atomic mass is 19.4. The van der Waals surface area contributed by atoms with Crippen molar-refractivity contribution in [3.63, 3.8) is 0 Å². The van der Waals surface area contributed by atoms with Crippen LogP contribution in [0.1, 0.15) is 28.9 Å². The van der Waals surface area contributed by atoms with Gasteiger partial charge in [-0.1, -0.05) is 6.07 Å². The molecule has 1 saturated heterocycles. The molecule has 0 bridgehead atoms. The first-order valence-electron chi connectivity index (χ1n) is 10.5. The van der Waals surface area contributed by atoms with Crippen LogP contribution in [-0.4, -0.2) is 35.0 Å². The monoisotopic (exact) mass is 474 g/mol. The van der Waals surface area contributed by atoms with Crippen molar-refractivity contribution in [3.05, 3.63) is 65.9 Å². The number of hydrogen-bond acceptors (Lipinski definition) is 6. The topological polar surface area (TPSA) is 110 Å². The third-order valence-electron chi connectivity index (χ3n) is 5.56. The van der Waals surface area contributed by atoms with Crippen molar-refractivity contribution in [1.29, 1.82) is 0 Å². The predicted molar refractivity (Wildman–Crippen MR) is 121 cm³/mol. The number of carbonyl (C=O) groups is 1. The quantitative estimate of drug-likeness (QED) is 0.492. The smallest absolute Gasteiger partial charge is 0.397 e. The van der Waals surface area contributed by atoms with Crippen molar-refractivity contribution in [2.24, 2.45) is 5.73 Å². The van der Waals surface area contributed by atoms with Crippen molar-refractivity contribution in [2.45, 2.75) is 25.1 Å². The van der Waals surface area contributed by atoms with Gasteiger partial charge in [0, 0.05) is 30.9 Å². The summed E-state index contributed by atoms with van der Waals surface area (Å²) in [5, 5.41) is 2.68. The molecule has 4 rings (SSSR count). The van der Waals surface area contributed by atoms with Crippen LogP contribution in [0, 0.1) is 5.82 Å². The van der Waals surface area contributed by atoms with E-state index in [9.17, 15) is 22.4 Å². The molecule has 178 valence electrons. The summed E-state index contributed by atoms with van der Waals surface area (Å²) >= 11 is 0. The highest BCUT2D eigenvalue weighted by molar-refractivity contribution is 6.08. The average molecular weight is 474 g/mol. The van der Waals surface area contributed by atoms with Crippen molar-refractivity contribution in [3.8, 4) is 11.3 Å². The second kappa shape index (κ2) is 9.26. The molecule has 1 atom stereocenters. The van der Waals surface area contributed by atoms with E-state index in [0.29, 0.717) is 17.9 Å². The van der Waals surface area contributed by atoms with Gasteiger partial charge in [0.25, 0.3) is 5.91 Å². The number of piperidine rings is 1. The number of aromatic nitrogens is 2. The van der Waals surface area contributed by atoms with Gasteiger partial charge in [0.2, 0.25) is 0 Å². The number of pyridine rings is 2. The van der Waals surface area contributed by atoms with E-state index in [1.165, 1.54) is 12.3 Å². The molecule has 1 aliphatic heterocycles. The van der Waals surface area contributed by atoms with E-state index in [-0.39, 0.29) is 23.1 Å². The van der Waals surface area contributed by atoms with Gasteiger partial charge in [-0.2, -0.15) is 13.2 Å². The van der Waals surface area contributed by atoms with Gasteiger partial charge < -0.3 is 21.7 Å². The van der Waals surface area contributed by atoms with Gasteiger partial charge in [-0.05, 0) is 43.2 Å². The molecule has 0 radical (unpaired) electrons. The number of alkyl halides is 3. The molecule has 3 aromatic rings. The minimum absolute atomic E-state index is 0.0111. The van der Waals surface area contributed by atoms with Crippen LogP contribution in [0.25, 0.3) is 11.3 Å². The summed E-state index contributed by atoms with van der Waals surface area (Å²) in [5.41, 5.74) is 10.3. The SMILES string of the molecule is Nc1ccc(-c2c(F)cccc2C(F)(F)F)nc1C(=O)Nc1cnccc1N1CCC[C@H](N)C1. The standard InChI is InChI=1S/C23H22F4N6O/c24-15-5-1-4-14(23(25,26)27)20(15)17-7-6-16(29)21(31-17)22(34)32-18-11-30-9-8-19(18)33-10-2-3-13(28)12-33/h1,4-9,11,13H,2-3,10,12,28-29H2,(H,32,34)/t13-/m0/s1. The van der Waals surface area contributed by atoms with Crippen LogP contribution in [-0.2, 0) is 6.18 Å². The highest BCUT2D eigenvalue weighted by Crippen LogP contribution is 2.38. The Hall–Kier alpha value is -3.73. The minimum atomic E-state index is -4.82. The van der Waals surface area contributed by atoms with E-state index < -0.39 is 29.0 Å². The fraction of sp³-hybridized carbons (Fsp3) is 0.261. The normalized spacial score (nSPS) is 16.4. The van der Waals surface area contributed by atoms with Crippen LogP contribution in [0.5, 0.6) is 0 Å². The van der Waals surface area contributed by atoms with Gasteiger partial charge in [-0.15, -0.1) is 0 Å². The Kier molecular flexibility index (Phi) is 6.38. The summed E-state index contributed by atoms with van der Waals surface area (Å²) in [5.74, 6) is -1.88. The maximum absolute atomic E-state index is 14.4. The van der Waals surface area contributed by atoms with Gasteiger partial charge in [0.1, 0.15) is 5.82 Å². The number of rotatable bonds is 4. The molecule has 1 amide bonds. The van der Waals surface area contributed by atoms with Crippen molar-refractivity contribution < 1.29 is 22.4 Å². The van der Waals surface area contributed by atoms with Crippen LogP contribution in [0.3, 0.4) is 0 Å². The van der Waals surface area contributed by atoms with E-state index in [4.69, 9.17) is 11.5 Å². The van der Waals surface area contributed by atoms with E-state index >= 15 is 0 Å². The molecule has 3 heterocycles. The number of anilines is 3. The van der Waals surface area contributed by atoms with E-state index in [1.807, 2.05) is 4.90 Å². The summed E-state index contributed by atoms with van der Waals surface area (Å²) in [7, 11) is 0. The molecule has 1 aliphatic rings. The van der Waals surface area contributed by atoms with Crippen LogP contribution >= 0.6 is 0 Å². The fourth-order valence-electron chi connectivity index (χ4n) is 3.98. The summed E-state index contributed by atoms with van der Waals surface area (Å²) in [4.78, 5) is 23.1. The van der Waals surface area contributed by atoms with E-state index in [0.717, 1.165) is 43.7 Å². The Bertz CT molecular complexity index is 1220. The second-order valence-electron chi connectivity index (χ2n) is 7.99. The number of nitrogens with two attached hydrogens (primary N) is 2. The summed E-state index contributed by atoms with van der Waals surface area (Å²) in [6, 6.07) is 6.69. The Morgan fingerprint density at radius 1 is 1.18 bits per heavy atom. The molecule has 0 aliphatic carbocycles. The Balaban J connectivity index is 1.68. The van der Waals surface area contributed by atoms with Crippen molar-refractivity contribution in [2.75, 3.05) is 29.0 Å². The Labute approximate surface area is 192 Å². The molecule has 0 spiro atoms. The zero-order chi connectivity index (χ0) is 24.5. The van der Waals surface area contributed by atoms with Crippen molar-refractivity contribution >= 4 is 23.0 Å². The molecular weight excluding hydrogens is 452 g/mol. The lowest BCUT2D eigenvalue weighted by molar-refractivity contribution is -0.137. The number of benzene rings is 1. The number of nitrogen functional groups attached to an aromatic ring is 1. The first kappa shape index (κ1) is 23.4. The lowest BCUT2D eigenvalue weighted by atomic mass is 10.0. The zero-order valence-corrected chi connectivity index (χ0v) is 17.9. The van der Waals surface area contributed by atoms with Gasteiger partial charge >= 0.3 is 6.18 Å². The number of halogens is 4. The molecule has 34 heavy (non-hydrogen) atoms. The van der Waals surface area contributed by atoms with Crippen LogP contribution in [0.2, 0.25) is 0 Å². The van der Waals surface area contributed by atoms with Gasteiger partial charge in [0.05, 0.1) is 34.5 Å². The number of nitrogens with zero attached hydrogens (tertiary/aromatic N) is 3. The van der Waals surface area contributed by atoms with Gasteiger partial charge in [0.15, 0.2) is 5.69 Å². The molecule has 5 N–H and O–H groups in total. The Morgan fingerprint density at radius 3 is 2.71 bits per heavy atom. The van der Waals surface area contributed by atoms with Gasteiger partial charge in [-0.25, -0.2) is 9.37 Å². The molecule has 11 heteroatoms. The molecule has 1 fully saturated rings. The van der Waals surface area contributed by atoms with Crippen LogP contribution in [0.15, 0.2) is 48.8 Å². The zero-order valence-electron chi connectivity index (χ0n) is 17.9. The lowest BCUT2D eigenvalue weighted by Gasteiger charge is -2.33. The average Bonchev–Trinajstić information content (AvgIpc) is 2.79. The molecule has 7 nitrogen and oxygen atoms in total. The maximum atomic E-state index is 14.4. The third-order valence-corrected chi connectivity index (χ3v) is 5.56. The van der Waals surface area contributed by atoms with Crippen LogP contribution < -0.4 is 21.7 Å². The predicted octanol–water partition coefficient (Wildman–Crippen LogP) is 4.06. The molecule has 1 aromatic carbocycles. The summed E-state index contributed by atoms with van der Waals surface area (Å²) < 4.78 is 54.9. The molecular formula is C23H22F4N6O. The highest BCUT2D eigenvalue weighted by Gasteiger charge is 2.35. The molecule has 0 unspecified atom stereocenters. The third kappa shape index (κ3) is 4.79. The Morgan fingerprint density at radius 2 is 1.97 bits per heavy atom. The van der Waals surface area contributed by atoms with Gasteiger partial charge in [-0.3, -0.25) is 9.78 Å². The second-order valence-corrected chi connectivity index (χ2v) is 7.99. The van der Waals surface area contributed by atoms with Crippen LogP contribution in [0.4, 0.5) is 34.6 Å². The maximum Gasteiger partial charge on any atom is 0.417 e. The number of hydrogen-bond donors (Lipinski definition) is 3. The fourth-order valence-corrected chi connectivity index (χ4v) is 3.98. The number of amides is 1. The lowest BCUT2D eigenvalue weighted by Crippen LogP contribution is -2.43. The van der Waals surface area contributed by atoms with Crippen molar-refractivity contribution in [1.82, 2.24) is 9.97 Å².